The molecule has 1 aromatic carbocycles. The van der Waals surface area contributed by atoms with Gasteiger partial charge in [0.25, 0.3) is 0 Å². The van der Waals surface area contributed by atoms with Crippen LogP contribution in [0.15, 0.2) is 16.6 Å². The zero-order valence-corrected chi connectivity index (χ0v) is 14.3. The molecule has 0 heterocycles. The van der Waals surface area contributed by atoms with Crippen molar-refractivity contribution in [1.82, 2.24) is 0 Å². The van der Waals surface area contributed by atoms with Gasteiger partial charge < -0.3 is 15.8 Å². The summed E-state index contributed by atoms with van der Waals surface area (Å²) in [6, 6.07) is 3.38. The first-order chi connectivity index (χ1) is 9.43. The maximum Gasteiger partial charge on any atom is 0.231 e. The van der Waals surface area contributed by atoms with Gasteiger partial charge in [0.2, 0.25) is 5.91 Å². The van der Waals surface area contributed by atoms with Crippen LogP contribution in [-0.4, -0.2) is 19.6 Å². The van der Waals surface area contributed by atoms with Crippen LogP contribution >= 0.6 is 27.5 Å². The Morgan fingerprint density at radius 1 is 1.45 bits per heavy atom. The van der Waals surface area contributed by atoms with Crippen molar-refractivity contribution in [3.8, 4) is 5.75 Å². The van der Waals surface area contributed by atoms with E-state index in [-0.39, 0.29) is 5.91 Å². The summed E-state index contributed by atoms with van der Waals surface area (Å²) in [7, 11) is 1.54. The monoisotopic (exact) mass is 362 g/mol. The van der Waals surface area contributed by atoms with Gasteiger partial charge in [-0.15, -0.1) is 0 Å². The number of nitrogens with one attached hydrogen (secondary N) is 1. The molecule has 0 saturated carbocycles. The normalized spacial score (nSPS) is 11.3. The van der Waals surface area contributed by atoms with Crippen LogP contribution in [0.1, 0.15) is 26.7 Å². The highest BCUT2D eigenvalue weighted by atomic mass is 79.9. The third kappa shape index (κ3) is 3.45. The molecule has 0 aliphatic carbocycles. The predicted octanol–water partition coefficient (Wildman–Crippen LogP) is 3.81. The summed E-state index contributed by atoms with van der Waals surface area (Å²) in [5.74, 6) is 0.429. The first-order valence-corrected chi connectivity index (χ1v) is 7.65. The Hall–Kier alpha value is -0.780. The number of hydrogen-bond donors (Lipinski definition) is 2. The number of halogens is 2. The molecular weight excluding hydrogens is 344 g/mol. The van der Waals surface area contributed by atoms with E-state index < -0.39 is 5.41 Å². The number of benzene rings is 1. The van der Waals surface area contributed by atoms with E-state index in [1.54, 1.807) is 19.2 Å². The lowest BCUT2D eigenvalue weighted by atomic mass is 9.81. The minimum Gasteiger partial charge on any atom is -0.493 e. The zero-order chi connectivity index (χ0) is 15.3. The number of amides is 1. The second-order valence-electron chi connectivity index (χ2n) is 4.61. The standard InChI is InChI=1S/C14H20BrClN2O2/c1-4-14(5-2,8-17)13(19)18-11-7-9(16)6-10(15)12(11)20-3/h6-7H,4-5,8,17H2,1-3H3,(H,18,19). The number of carbonyl (C=O) groups excluding carboxylic acids is 1. The fourth-order valence-electron chi connectivity index (χ4n) is 2.07. The van der Waals surface area contributed by atoms with Gasteiger partial charge in [-0.3, -0.25) is 4.79 Å². The van der Waals surface area contributed by atoms with Crippen molar-refractivity contribution in [3.63, 3.8) is 0 Å². The molecule has 1 rings (SSSR count). The third-order valence-corrected chi connectivity index (χ3v) is 4.49. The van der Waals surface area contributed by atoms with E-state index in [4.69, 9.17) is 22.1 Å². The smallest absolute Gasteiger partial charge is 0.231 e. The van der Waals surface area contributed by atoms with Crippen LogP contribution < -0.4 is 15.8 Å². The summed E-state index contributed by atoms with van der Waals surface area (Å²) in [5, 5.41) is 3.39. The maximum atomic E-state index is 12.5. The second kappa shape index (κ2) is 7.29. The lowest BCUT2D eigenvalue weighted by Gasteiger charge is -2.29. The topological polar surface area (TPSA) is 64.4 Å². The highest BCUT2D eigenvalue weighted by Crippen LogP contribution is 2.37. The van der Waals surface area contributed by atoms with Crippen LogP contribution in [0.4, 0.5) is 5.69 Å². The van der Waals surface area contributed by atoms with Gasteiger partial charge in [0.1, 0.15) is 0 Å². The summed E-state index contributed by atoms with van der Waals surface area (Å²) < 4.78 is 5.98. The largest absolute Gasteiger partial charge is 0.493 e. The first kappa shape index (κ1) is 17.3. The molecule has 1 aromatic rings. The predicted molar refractivity (Wildman–Crippen MR) is 86.4 cm³/mol. The number of ether oxygens (including phenoxy) is 1. The minimum absolute atomic E-state index is 0.113. The van der Waals surface area contributed by atoms with Gasteiger partial charge in [-0.2, -0.15) is 0 Å². The highest BCUT2D eigenvalue weighted by molar-refractivity contribution is 9.10. The molecule has 0 aromatic heterocycles. The fourth-order valence-corrected chi connectivity index (χ4v) is 3.04. The van der Waals surface area contributed by atoms with Crippen LogP contribution in [0.3, 0.4) is 0 Å². The van der Waals surface area contributed by atoms with E-state index in [0.717, 1.165) is 0 Å². The van der Waals surface area contributed by atoms with E-state index in [9.17, 15) is 4.79 Å². The van der Waals surface area contributed by atoms with Gasteiger partial charge in [0.15, 0.2) is 5.75 Å². The van der Waals surface area contributed by atoms with Crippen LogP contribution in [0.2, 0.25) is 5.02 Å². The summed E-state index contributed by atoms with van der Waals surface area (Å²) in [6.07, 6.45) is 1.35. The lowest BCUT2D eigenvalue weighted by Crippen LogP contribution is -2.41. The summed E-state index contributed by atoms with van der Waals surface area (Å²) >= 11 is 9.38. The van der Waals surface area contributed by atoms with Crippen LogP contribution in [0.25, 0.3) is 0 Å². The van der Waals surface area contributed by atoms with Gasteiger partial charge in [-0.05, 0) is 40.9 Å². The third-order valence-electron chi connectivity index (χ3n) is 3.69. The number of anilines is 1. The Bertz CT molecular complexity index is 482. The maximum absolute atomic E-state index is 12.5. The second-order valence-corrected chi connectivity index (χ2v) is 5.90. The van der Waals surface area contributed by atoms with E-state index in [1.807, 2.05) is 13.8 Å². The molecule has 0 saturated heterocycles. The van der Waals surface area contributed by atoms with E-state index in [2.05, 4.69) is 21.2 Å². The van der Waals surface area contributed by atoms with Crippen molar-refractivity contribution in [2.75, 3.05) is 19.0 Å². The Labute approximate surface area is 133 Å². The molecule has 6 heteroatoms. The molecule has 1 amide bonds. The van der Waals surface area contributed by atoms with Gasteiger partial charge in [0, 0.05) is 11.6 Å². The number of methoxy groups -OCH3 is 1. The van der Waals surface area contributed by atoms with E-state index in [1.165, 1.54) is 0 Å². The van der Waals surface area contributed by atoms with E-state index >= 15 is 0 Å². The molecule has 0 spiro atoms. The van der Waals surface area contributed by atoms with Crippen LogP contribution in [0, 0.1) is 5.41 Å². The molecule has 112 valence electrons. The van der Waals surface area contributed by atoms with Gasteiger partial charge in [0.05, 0.1) is 22.7 Å². The SMILES string of the molecule is CCC(CC)(CN)C(=O)Nc1cc(Cl)cc(Br)c1OC. The number of carbonyl (C=O) groups is 1. The molecule has 4 nitrogen and oxygen atoms in total. The molecule has 0 aliphatic heterocycles. The number of rotatable bonds is 6. The van der Waals surface area contributed by atoms with Crippen molar-refractivity contribution < 1.29 is 9.53 Å². The molecule has 0 atom stereocenters. The molecule has 0 unspecified atom stereocenters. The van der Waals surface area contributed by atoms with Crippen LogP contribution in [-0.2, 0) is 4.79 Å². The van der Waals surface area contributed by atoms with Gasteiger partial charge >= 0.3 is 0 Å². The van der Waals surface area contributed by atoms with Crippen molar-refractivity contribution >= 4 is 39.1 Å². The zero-order valence-electron chi connectivity index (χ0n) is 11.9. The van der Waals surface area contributed by atoms with Crippen molar-refractivity contribution in [1.29, 1.82) is 0 Å². The number of nitrogens with two attached hydrogens (primary N) is 1. The number of hydrogen-bond acceptors (Lipinski definition) is 3. The summed E-state index contributed by atoms with van der Waals surface area (Å²) in [4.78, 5) is 12.5. The van der Waals surface area contributed by atoms with E-state index in [0.29, 0.717) is 40.3 Å². The Morgan fingerprint density at radius 2 is 2.05 bits per heavy atom. The van der Waals surface area contributed by atoms with Gasteiger partial charge in [-0.1, -0.05) is 25.4 Å². The molecule has 20 heavy (non-hydrogen) atoms. The molecule has 0 bridgehead atoms. The molecule has 0 aliphatic rings. The molecule has 3 N–H and O–H groups in total. The van der Waals surface area contributed by atoms with Crippen molar-refractivity contribution in [2.45, 2.75) is 26.7 Å². The van der Waals surface area contributed by atoms with Gasteiger partial charge in [-0.25, -0.2) is 0 Å². The van der Waals surface area contributed by atoms with Crippen molar-refractivity contribution in [2.24, 2.45) is 11.1 Å². The van der Waals surface area contributed by atoms with Crippen LogP contribution in [0.5, 0.6) is 5.75 Å². The minimum atomic E-state index is -0.570. The summed E-state index contributed by atoms with van der Waals surface area (Å²) in [6.45, 7) is 4.22. The van der Waals surface area contributed by atoms with Crippen molar-refractivity contribution in [3.05, 3.63) is 21.6 Å². The highest BCUT2D eigenvalue weighted by Gasteiger charge is 2.34. The quantitative estimate of drug-likeness (QED) is 0.807. The molecule has 0 fully saturated rings. The fraction of sp³-hybridized carbons (Fsp3) is 0.500. The Kier molecular flexibility index (Phi) is 6.30. The molecule has 0 radical (unpaired) electrons. The average Bonchev–Trinajstić information content (AvgIpc) is 2.41. The Morgan fingerprint density at radius 3 is 2.50 bits per heavy atom. The lowest BCUT2D eigenvalue weighted by molar-refractivity contribution is -0.125. The Balaban J connectivity index is 3.13. The first-order valence-electron chi connectivity index (χ1n) is 6.48. The summed E-state index contributed by atoms with van der Waals surface area (Å²) in [5.41, 5.74) is 5.76. The average molecular weight is 364 g/mol. The molecular formula is C14H20BrClN2O2.